The minimum Gasteiger partial charge on any atom is -0.299 e. The minimum absolute atomic E-state index is 0.115. The van der Waals surface area contributed by atoms with Gasteiger partial charge in [-0.1, -0.05) is 23.8 Å². The summed E-state index contributed by atoms with van der Waals surface area (Å²) in [6.07, 6.45) is 1.86. The third-order valence-corrected chi connectivity index (χ3v) is 3.70. The molecule has 0 atom stereocenters. The Morgan fingerprint density at radius 3 is 2.40 bits per heavy atom. The fraction of sp³-hybridized carbons (Fsp3) is 0.182. The van der Waals surface area contributed by atoms with Gasteiger partial charge in [0, 0.05) is 0 Å². The van der Waals surface area contributed by atoms with E-state index < -0.39 is 9.84 Å². The van der Waals surface area contributed by atoms with Crippen molar-refractivity contribution in [2.45, 2.75) is 11.8 Å². The molecule has 15 heavy (non-hydrogen) atoms. The van der Waals surface area contributed by atoms with E-state index in [-0.39, 0.29) is 10.6 Å². The van der Waals surface area contributed by atoms with Gasteiger partial charge < -0.3 is 0 Å². The Morgan fingerprint density at radius 1 is 1.27 bits per heavy atom. The number of hydrogen-bond acceptors (Lipinski definition) is 3. The summed E-state index contributed by atoms with van der Waals surface area (Å²) in [6, 6.07) is 8.19. The Labute approximate surface area is 89.4 Å². The summed E-state index contributed by atoms with van der Waals surface area (Å²) in [4.78, 5) is 10.4. The van der Waals surface area contributed by atoms with Crippen LogP contribution in [0.4, 0.5) is 0 Å². The Hall–Kier alpha value is -1.42. The third-order valence-electron chi connectivity index (χ3n) is 1.87. The second kappa shape index (κ2) is 4.89. The van der Waals surface area contributed by atoms with Crippen molar-refractivity contribution < 1.29 is 13.2 Å². The second-order valence-corrected chi connectivity index (χ2v) is 5.21. The molecule has 3 nitrogen and oxygen atoms in total. The topological polar surface area (TPSA) is 51.2 Å². The van der Waals surface area contributed by atoms with E-state index in [1.54, 1.807) is 37.3 Å². The minimum atomic E-state index is -3.31. The van der Waals surface area contributed by atoms with Crippen LogP contribution in [0.15, 0.2) is 46.9 Å². The Balaban J connectivity index is 2.96. The molecule has 0 aliphatic carbocycles. The summed E-state index contributed by atoms with van der Waals surface area (Å²) in [7, 11) is -3.31. The Morgan fingerprint density at radius 2 is 1.87 bits per heavy atom. The number of sulfone groups is 1. The Bertz CT molecular complexity index is 458. The number of carbonyl (C=O) groups is 1. The van der Waals surface area contributed by atoms with Crippen LogP contribution in [-0.4, -0.2) is 20.5 Å². The average molecular weight is 224 g/mol. The highest BCUT2D eigenvalue weighted by molar-refractivity contribution is 7.91. The molecule has 1 aromatic rings. The highest BCUT2D eigenvalue weighted by Gasteiger charge is 2.13. The lowest BCUT2D eigenvalue weighted by Crippen LogP contribution is -2.07. The van der Waals surface area contributed by atoms with E-state index >= 15 is 0 Å². The van der Waals surface area contributed by atoms with Gasteiger partial charge in [0.25, 0.3) is 0 Å². The average Bonchev–Trinajstić information content (AvgIpc) is 2.18. The first-order valence-corrected chi connectivity index (χ1v) is 6.10. The molecule has 0 aliphatic rings. The lowest BCUT2D eigenvalue weighted by atomic mass is 10.3. The van der Waals surface area contributed by atoms with Crippen LogP contribution >= 0.6 is 0 Å². The van der Waals surface area contributed by atoms with Crippen molar-refractivity contribution in [3.63, 3.8) is 0 Å². The molecule has 0 aromatic heterocycles. The van der Waals surface area contributed by atoms with Crippen LogP contribution in [-0.2, 0) is 14.6 Å². The number of benzene rings is 1. The quantitative estimate of drug-likeness (QED) is 0.576. The van der Waals surface area contributed by atoms with Crippen molar-refractivity contribution in [3.8, 4) is 0 Å². The number of carbonyl (C=O) groups excluding carboxylic acids is 1. The van der Waals surface area contributed by atoms with Gasteiger partial charge in [0.2, 0.25) is 0 Å². The van der Waals surface area contributed by atoms with Crippen molar-refractivity contribution in [1.29, 1.82) is 0 Å². The maximum atomic E-state index is 11.8. The van der Waals surface area contributed by atoms with Crippen LogP contribution < -0.4 is 0 Å². The molecule has 0 spiro atoms. The molecule has 0 aliphatic heterocycles. The zero-order valence-electron chi connectivity index (χ0n) is 8.38. The monoisotopic (exact) mass is 224 g/mol. The van der Waals surface area contributed by atoms with Crippen molar-refractivity contribution in [2.24, 2.45) is 0 Å². The summed E-state index contributed by atoms with van der Waals surface area (Å²) < 4.78 is 23.5. The van der Waals surface area contributed by atoms with Gasteiger partial charge in [-0.3, -0.25) is 4.79 Å². The van der Waals surface area contributed by atoms with E-state index in [9.17, 15) is 13.2 Å². The van der Waals surface area contributed by atoms with E-state index in [1.807, 2.05) is 0 Å². The summed E-state index contributed by atoms with van der Waals surface area (Å²) in [5.74, 6) is -0.115. The van der Waals surface area contributed by atoms with Crippen molar-refractivity contribution in [3.05, 3.63) is 42.0 Å². The van der Waals surface area contributed by atoms with Gasteiger partial charge in [0.05, 0.1) is 10.6 Å². The van der Waals surface area contributed by atoms with Crippen LogP contribution in [0.1, 0.15) is 6.92 Å². The van der Waals surface area contributed by atoms with Gasteiger partial charge in [-0.2, -0.15) is 0 Å². The molecule has 0 fully saturated rings. The first-order chi connectivity index (χ1) is 7.06. The molecular weight excluding hydrogens is 212 g/mol. The van der Waals surface area contributed by atoms with E-state index in [1.165, 1.54) is 6.08 Å². The summed E-state index contributed by atoms with van der Waals surface area (Å²) in [5, 5.41) is 0. The lowest BCUT2D eigenvalue weighted by Gasteiger charge is -2.03. The van der Waals surface area contributed by atoms with Crippen LogP contribution in [0.25, 0.3) is 0 Å². The molecule has 0 saturated heterocycles. The zero-order valence-corrected chi connectivity index (χ0v) is 9.20. The Kier molecular flexibility index (Phi) is 3.80. The van der Waals surface area contributed by atoms with E-state index in [4.69, 9.17) is 0 Å². The number of hydrogen-bond donors (Lipinski definition) is 0. The van der Waals surface area contributed by atoms with Crippen molar-refractivity contribution in [2.75, 3.05) is 5.75 Å². The molecule has 0 radical (unpaired) electrons. The molecule has 80 valence electrons. The predicted molar refractivity (Wildman–Crippen MR) is 58.3 cm³/mol. The second-order valence-electron chi connectivity index (χ2n) is 3.22. The molecule has 1 rings (SSSR count). The highest BCUT2D eigenvalue weighted by atomic mass is 32.2. The number of aldehydes is 1. The maximum Gasteiger partial charge on any atom is 0.182 e. The van der Waals surface area contributed by atoms with Gasteiger partial charge in [-0.05, 0) is 25.1 Å². The highest BCUT2D eigenvalue weighted by Crippen LogP contribution is 2.12. The molecule has 0 N–H and O–H groups in total. The molecule has 0 heterocycles. The zero-order chi connectivity index (χ0) is 11.3. The largest absolute Gasteiger partial charge is 0.299 e. The van der Waals surface area contributed by atoms with Gasteiger partial charge in [0.15, 0.2) is 9.84 Å². The van der Waals surface area contributed by atoms with Gasteiger partial charge in [-0.15, -0.1) is 0 Å². The van der Waals surface area contributed by atoms with E-state index in [0.717, 1.165) is 0 Å². The third kappa shape index (κ3) is 3.32. The van der Waals surface area contributed by atoms with E-state index in [2.05, 4.69) is 0 Å². The first-order valence-electron chi connectivity index (χ1n) is 4.45. The van der Waals surface area contributed by atoms with Gasteiger partial charge >= 0.3 is 0 Å². The molecule has 0 saturated carbocycles. The van der Waals surface area contributed by atoms with Crippen LogP contribution in [0, 0.1) is 0 Å². The fourth-order valence-corrected chi connectivity index (χ4v) is 2.61. The summed E-state index contributed by atoms with van der Waals surface area (Å²) >= 11 is 0. The van der Waals surface area contributed by atoms with Crippen LogP contribution in [0.2, 0.25) is 0 Å². The molecule has 4 heteroatoms. The standard InChI is InChI=1S/C11H12O3S/c1-10(7-8-12)9-15(13,14)11-5-3-2-4-6-11/h2-8H,9H2,1H3/b10-7+. The van der Waals surface area contributed by atoms with Gasteiger partial charge in [0.1, 0.15) is 6.29 Å². The predicted octanol–water partition coefficient (Wildman–Crippen LogP) is 1.61. The van der Waals surface area contributed by atoms with Crippen LogP contribution in [0.5, 0.6) is 0 Å². The molecule has 0 unspecified atom stereocenters. The SMILES string of the molecule is C/C(=C\C=O)CS(=O)(=O)c1ccccc1. The molecule has 0 bridgehead atoms. The fourth-order valence-electron chi connectivity index (χ4n) is 1.18. The smallest absolute Gasteiger partial charge is 0.182 e. The van der Waals surface area contributed by atoms with Crippen molar-refractivity contribution >= 4 is 16.1 Å². The molecular formula is C11H12O3S. The number of rotatable bonds is 4. The first kappa shape index (κ1) is 11.7. The van der Waals surface area contributed by atoms with E-state index in [0.29, 0.717) is 11.9 Å². The summed E-state index contributed by atoms with van der Waals surface area (Å²) in [6.45, 7) is 1.62. The van der Waals surface area contributed by atoms with Gasteiger partial charge in [-0.25, -0.2) is 8.42 Å². The van der Waals surface area contributed by atoms with Crippen LogP contribution in [0.3, 0.4) is 0 Å². The summed E-state index contributed by atoms with van der Waals surface area (Å²) in [5.41, 5.74) is 0.536. The normalized spacial score (nSPS) is 12.5. The maximum absolute atomic E-state index is 11.8. The lowest BCUT2D eigenvalue weighted by molar-refractivity contribution is -0.104. The number of allylic oxidation sites excluding steroid dienone is 1. The molecule has 0 amide bonds. The molecule has 1 aromatic carbocycles. The van der Waals surface area contributed by atoms with Crippen molar-refractivity contribution in [1.82, 2.24) is 0 Å².